The molecule has 2 heteroatoms. The van der Waals surface area contributed by atoms with Crippen LogP contribution >= 0.6 is 0 Å². The van der Waals surface area contributed by atoms with Crippen molar-refractivity contribution in [3.63, 3.8) is 0 Å². The van der Waals surface area contributed by atoms with Crippen molar-refractivity contribution < 1.29 is 0 Å². The van der Waals surface area contributed by atoms with E-state index in [4.69, 9.17) is 0 Å². The minimum Gasteiger partial charge on any atom is -0.307 e. The summed E-state index contributed by atoms with van der Waals surface area (Å²) in [5, 5.41) is 10.3. The predicted octanol–water partition coefficient (Wildman–Crippen LogP) is 9.11. The lowest BCUT2D eigenvalue weighted by atomic mass is 10.0. The summed E-state index contributed by atoms with van der Waals surface area (Å²) in [4.78, 5) is 0. The van der Waals surface area contributed by atoms with E-state index in [0.717, 1.165) is 0 Å². The zero-order valence-corrected chi connectivity index (χ0v) is 19.4. The Labute approximate surface area is 206 Å². The number of benzene rings is 6. The minimum absolute atomic E-state index is 1.22. The van der Waals surface area contributed by atoms with Gasteiger partial charge in [0.1, 0.15) is 0 Å². The molecular formula is C34H20N2. The van der Waals surface area contributed by atoms with Crippen LogP contribution in [0.2, 0.25) is 0 Å². The lowest BCUT2D eigenvalue weighted by Crippen LogP contribution is -1.94. The molecule has 0 bridgehead atoms. The number of nitrogens with zero attached hydrogens (tertiary/aromatic N) is 2. The number of aromatic nitrogens is 2. The van der Waals surface area contributed by atoms with Gasteiger partial charge < -0.3 is 8.80 Å². The molecule has 0 fully saturated rings. The summed E-state index contributed by atoms with van der Waals surface area (Å²) in [5.41, 5.74) is 7.47. The van der Waals surface area contributed by atoms with Gasteiger partial charge in [-0.05, 0) is 35.0 Å². The first-order chi connectivity index (χ1) is 17.9. The van der Waals surface area contributed by atoms with Gasteiger partial charge in [0.05, 0.1) is 33.1 Å². The van der Waals surface area contributed by atoms with Crippen LogP contribution in [0.15, 0.2) is 121 Å². The summed E-state index contributed by atoms with van der Waals surface area (Å²) in [6.45, 7) is 0. The highest BCUT2D eigenvalue weighted by Crippen LogP contribution is 2.41. The Hall–Kier alpha value is -4.82. The van der Waals surface area contributed by atoms with Gasteiger partial charge in [0.2, 0.25) is 0 Å². The molecule has 3 aromatic heterocycles. The van der Waals surface area contributed by atoms with Gasteiger partial charge in [0.15, 0.2) is 0 Å². The lowest BCUT2D eigenvalue weighted by Gasteiger charge is -2.12. The van der Waals surface area contributed by atoms with Crippen molar-refractivity contribution in [2.75, 3.05) is 0 Å². The first-order valence-electron chi connectivity index (χ1n) is 12.5. The molecule has 0 spiro atoms. The summed E-state index contributed by atoms with van der Waals surface area (Å²) in [6, 6.07) is 44.6. The van der Waals surface area contributed by atoms with E-state index in [-0.39, 0.29) is 0 Å². The quantitative estimate of drug-likeness (QED) is 0.215. The highest BCUT2D eigenvalue weighted by Gasteiger charge is 2.19. The average molecular weight is 457 g/mol. The van der Waals surface area contributed by atoms with Gasteiger partial charge in [-0.15, -0.1) is 0 Å². The third-order valence-corrected chi connectivity index (χ3v) is 8.03. The lowest BCUT2D eigenvalue weighted by molar-refractivity contribution is 1.30. The Morgan fingerprint density at radius 1 is 0.306 bits per heavy atom. The van der Waals surface area contributed by atoms with E-state index in [1.165, 1.54) is 76.2 Å². The second-order valence-corrected chi connectivity index (χ2v) is 9.76. The number of hydrogen-bond donors (Lipinski definition) is 0. The highest BCUT2D eigenvalue weighted by atomic mass is 15.0. The van der Waals surface area contributed by atoms with Crippen LogP contribution in [0.25, 0.3) is 76.2 Å². The van der Waals surface area contributed by atoms with E-state index in [2.05, 4.69) is 130 Å². The summed E-state index contributed by atoms with van der Waals surface area (Å²) >= 11 is 0. The Morgan fingerprint density at radius 2 is 0.833 bits per heavy atom. The molecule has 0 aliphatic carbocycles. The molecule has 0 saturated heterocycles. The van der Waals surface area contributed by atoms with E-state index in [9.17, 15) is 0 Å². The van der Waals surface area contributed by atoms with Crippen LogP contribution in [-0.2, 0) is 0 Å². The number of para-hydroxylation sites is 4. The maximum absolute atomic E-state index is 2.50. The Balaban J connectivity index is 1.83. The predicted molar refractivity (Wildman–Crippen MR) is 153 cm³/mol. The van der Waals surface area contributed by atoms with Crippen molar-refractivity contribution in [3.05, 3.63) is 121 Å². The normalized spacial score (nSPS) is 12.4. The molecule has 0 aliphatic heterocycles. The van der Waals surface area contributed by atoms with Gasteiger partial charge in [-0.25, -0.2) is 0 Å². The van der Waals surface area contributed by atoms with E-state index < -0.39 is 0 Å². The molecule has 9 aromatic rings. The molecule has 0 radical (unpaired) electrons. The van der Waals surface area contributed by atoms with Crippen LogP contribution in [0.5, 0.6) is 0 Å². The Bertz CT molecular complexity index is 2370. The van der Waals surface area contributed by atoms with E-state index in [1.54, 1.807) is 0 Å². The first-order valence-corrected chi connectivity index (χ1v) is 12.5. The molecule has 166 valence electrons. The smallest absolute Gasteiger partial charge is 0.0782 e. The van der Waals surface area contributed by atoms with Crippen molar-refractivity contribution in [2.24, 2.45) is 0 Å². The molecular weight excluding hydrogens is 436 g/mol. The molecule has 0 saturated carbocycles. The highest BCUT2D eigenvalue weighted by molar-refractivity contribution is 6.27. The largest absolute Gasteiger partial charge is 0.307 e. The molecule has 0 N–H and O–H groups in total. The third kappa shape index (κ3) is 2.09. The Morgan fingerprint density at radius 3 is 1.61 bits per heavy atom. The number of hydrogen-bond acceptors (Lipinski definition) is 0. The van der Waals surface area contributed by atoms with E-state index in [1.807, 2.05) is 0 Å². The van der Waals surface area contributed by atoms with Gasteiger partial charge in [-0.1, -0.05) is 97.1 Å². The van der Waals surface area contributed by atoms with E-state index in [0.29, 0.717) is 0 Å². The zero-order chi connectivity index (χ0) is 23.4. The summed E-state index contributed by atoms with van der Waals surface area (Å²) in [5.74, 6) is 0. The van der Waals surface area contributed by atoms with Gasteiger partial charge in [0, 0.05) is 32.3 Å². The SMILES string of the molecule is c1ccc2c(c1)ccc1c2c2cccc3c4ccccc4n(c4cccc5c6ccccc6n1c54)c32. The van der Waals surface area contributed by atoms with E-state index >= 15 is 0 Å². The van der Waals surface area contributed by atoms with Crippen LogP contribution in [0.4, 0.5) is 0 Å². The van der Waals surface area contributed by atoms with Crippen molar-refractivity contribution in [1.82, 2.24) is 8.80 Å². The van der Waals surface area contributed by atoms with Gasteiger partial charge in [0.25, 0.3) is 0 Å². The van der Waals surface area contributed by atoms with Crippen molar-refractivity contribution >= 4 is 76.2 Å². The maximum atomic E-state index is 2.50. The molecule has 3 heterocycles. The molecule has 9 rings (SSSR count). The first kappa shape index (κ1) is 18.5. The Kier molecular flexibility index (Phi) is 3.31. The standard InChI is InChI=1S/C34H20N2/c1-2-10-22-21(9-1)19-20-30-32(22)27-15-7-13-25-23-11-3-6-17-29(23)36(33(25)27)31-18-8-14-26-24-12-4-5-16-28(24)35(30)34(26)31/h1-20H. The zero-order valence-electron chi connectivity index (χ0n) is 19.4. The van der Waals surface area contributed by atoms with Crippen LogP contribution in [-0.4, -0.2) is 8.80 Å². The summed E-state index contributed by atoms with van der Waals surface area (Å²) in [6.07, 6.45) is 0. The van der Waals surface area contributed by atoms with Crippen molar-refractivity contribution in [1.29, 1.82) is 0 Å². The number of rotatable bonds is 0. The molecule has 2 nitrogen and oxygen atoms in total. The summed E-state index contributed by atoms with van der Waals surface area (Å²) < 4.78 is 5.00. The fourth-order valence-electron chi connectivity index (χ4n) is 6.63. The second-order valence-electron chi connectivity index (χ2n) is 9.76. The molecule has 0 amide bonds. The fourth-order valence-corrected chi connectivity index (χ4v) is 6.63. The van der Waals surface area contributed by atoms with Gasteiger partial charge in [-0.2, -0.15) is 0 Å². The minimum atomic E-state index is 1.22. The monoisotopic (exact) mass is 456 g/mol. The topological polar surface area (TPSA) is 8.82 Å². The fraction of sp³-hybridized carbons (Fsp3) is 0. The van der Waals surface area contributed by atoms with Crippen LogP contribution in [0.3, 0.4) is 0 Å². The van der Waals surface area contributed by atoms with Crippen LogP contribution in [0.1, 0.15) is 0 Å². The molecule has 6 aromatic carbocycles. The molecule has 0 atom stereocenters. The number of fused-ring (bicyclic) bond motifs is 12. The maximum Gasteiger partial charge on any atom is 0.0782 e. The van der Waals surface area contributed by atoms with Crippen molar-refractivity contribution in [3.8, 4) is 0 Å². The third-order valence-electron chi connectivity index (χ3n) is 8.03. The van der Waals surface area contributed by atoms with Gasteiger partial charge in [-0.3, -0.25) is 0 Å². The van der Waals surface area contributed by atoms with Crippen molar-refractivity contribution in [2.45, 2.75) is 0 Å². The molecule has 0 unspecified atom stereocenters. The van der Waals surface area contributed by atoms with Crippen LogP contribution < -0.4 is 0 Å². The second kappa shape index (κ2) is 6.44. The van der Waals surface area contributed by atoms with Crippen LogP contribution in [0, 0.1) is 0 Å². The van der Waals surface area contributed by atoms with Gasteiger partial charge >= 0.3 is 0 Å². The average Bonchev–Trinajstić information content (AvgIpc) is 3.45. The molecule has 0 aliphatic rings. The molecule has 36 heavy (non-hydrogen) atoms. The summed E-state index contributed by atoms with van der Waals surface area (Å²) in [7, 11) is 0.